The Morgan fingerprint density at radius 2 is 1.88 bits per heavy atom. The number of rotatable bonds is 7. The molecular weight excluding hydrogens is 317 g/mol. The van der Waals surface area contributed by atoms with Crippen molar-refractivity contribution in [1.82, 2.24) is 5.32 Å². The van der Waals surface area contributed by atoms with E-state index in [1.807, 2.05) is 0 Å². The van der Waals surface area contributed by atoms with E-state index in [1.165, 1.54) is 36.4 Å². The molecule has 3 N–H and O–H groups in total. The number of aliphatic hydroxyl groups excluding tert-OH is 1. The van der Waals surface area contributed by atoms with Crippen molar-refractivity contribution in [2.45, 2.75) is 6.10 Å². The molecule has 0 aliphatic carbocycles. The molecule has 2 aromatic rings. The average Bonchev–Trinajstić information content (AvgIpc) is 2.58. The van der Waals surface area contributed by atoms with Crippen molar-refractivity contribution in [3.63, 3.8) is 0 Å². The highest BCUT2D eigenvalue weighted by Gasteiger charge is 2.15. The molecule has 1 amide bonds. The zero-order valence-corrected chi connectivity index (χ0v) is 12.6. The van der Waals surface area contributed by atoms with Crippen LogP contribution < -0.4 is 10.6 Å². The highest BCUT2D eigenvalue weighted by atomic mass is 19.1. The van der Waals surface area contributed by atoms with Gasteiger partial charge in [0.1, 0.15) is 11.5 Å². The second kappa shape index (κ2) is 8.02. The highest BCUT2D eigenvalue weighted by Crippen LogP contribution is 2.22. The van der Waals surface area contributed by atoms with Gasteiger partial charge in [0.15, 0.2) is 0 Å². The number of amides is 1. The molecule has 0 fully saturated rings. The third kappa shape index (κ3) is 4.50. The summed E-state index contributed by atoms with van der Waals surface area (Å²) in [6, 6.07) is 11.7. The Kier molecular flexibility index (Phi) is 5.80. The van der Waals surface area contributed by atoms with Gasteiger partial charge in [0.05, 0.1) is 17.6 Å². The first-order valence-electron chi connectivity index (χ1n) is 7.15. The molecule has 0 aliphatic heterocycles. The van der Waals surface area contributed by atoms with E-state index in [1.54, 1.807) is 12.1 Å². The number of nitrogens with zero attached hydrogens (tertiary/aromatic N) is 1. The van der Waals surface area contributed by atoms with E-state index in [-0.39, 0.29) is 30.0 Å². The molecule has 0 aromatic heterocycles. The molecule has 1 atom stereocenters. The number of nitro benzene ring substituents is 1. The van der Waals surface area contributed by atoms with E-state index in [9.17, 15) is 24.4 Å². The van der Waals surface area contributed by atoms with Crippen LogP contribution in [0.25, 0.3) is 0 Å². The monoisotopic (exact) mass is 333 g/mol. The van der Waals surface area contributed by atoms with E-state index >= 15 is 0 Å². The standard InChI is InChI=1S/C16H16FN3O4/c17-12-6-2-1-5-11(12)15(21)9-19-16(22)10-18-13-7-3-4-8-14(13)20(23)24/h1-8,15,18,21H,9-10H2,(H,19,22)/t15-/m0/s1. The molecule has 0 heterocycles. The van der Waals surface area contributed by atoms with Crippen LogP contribution >= 0.6 is 0 Å². The second-order valence-corrected chi connectivity index (χ2v) is 4.97. The van der Waals surface area contributed by atoms with Crippen LogP contribution in [0, 0.1) is 15.9 Å². The average molecular weight is 333 g/mol. The summed E-state index contributed by atoms with van der Waals surface area (Å²) in [5.41, 5.74) is 0.161. The number of carbonyl (C=O) groups excluding carboxylic acids is 1. The maximum Gasteiger partial charge on any atom is 0.292 e. The van der Waals surface area contributed by atoms with Crippen molar-refractivity contribution in [1.29, 1.82) is 0 Å². The summed E-state index contributed by atoms with van der Waals surface area (Å²) in [7, 11) is 0. The van der Waals surface area contributed by atoms with E-state index in [4.69, 9.17) is 0 Å². The number of anilines is 1. The molecule has 24 heavy (non-hydrogen) atoms. The van der Waals surface area contributed by atoms with Crippen molar-refractivity contribution in [2.24, 2.45) is 0 Å². The number of carbonyl (C=O) groups is 1. The lowest BCUT2D eigenvalue weighted by Gasteiger charge is -2.13. The Morgan fingerprint density at radius 3 is 2.58 bits per heavy atom. The van der Waals surface area contributed by atoms with Gasteiger partial charge in [0, 0.05) is 18.2 Å². The number of hydrogen-bond acceptors (Lipinski definition) is 5. The molecule has 8 heteroatoms. The Bertz CT molecular complexity index is 739. The van der Waals surface area contributed by atoms with Crippen molar-refractivity contribution in [3.05, 3.63) is 70.0 Å². The Labute approximate surface area is 137 Å². The van der Waals surface area contributed by atoms with E-state index in [2.05, 4.69) is 10.6 Å². The fourth-order valence-corrected chi connectivity index (χ4v) is 2.09. The number of para-hydroxylation sites is 2. The molecule has 0 aliphatic rings. The number of nitrogens with one attached hydrogen (secondary N) is 2. The summed E-state index contributed by atoms with van der Waals surface area (Å²) in [5, 5.41) is 25.9. The van der Waals surface area contributed by atoms with Gasteiger partial charge in [0.2, 0.25) is 5.91 Å². The smallest absolute Gasteiger partial charge is 0.292 e. The van der Waals surface area contributed by atoms with Gasteiger partial charge in [-0.1, -0.05) is 30.3 Å². The van der Waals surface area contributed by atoms with Gasteiger partial charge in [-0.25, -0.2) is 4.39 Å². The van der Waals surface area contributed by atoms with Crippen LogP contribution in [0.1, 0.15) is 11.7 Å². The van der Waals surface area contributed by atoms with Crippen LogP contribution in [-0.4, -0.2) is 29.0 Å². The van der Waals surface area contributed by atoms with E-state index in [0.29, 0.717) is 0 Å². The van der Waals surface area contributed by atoms with Gasteiger partial charge in [-0.15, -0.1) is 0 Å². The van der Waals surface area contributed by atoms with Crippen molar-refractivity contribution >= 4 is 17.3 Å². The first-order valence-corrected chi connectivity index (χ1v) is 7.15. The SMILES string of the molecule is O=C(CNc1ccccc1[N+](=O)[O-])NC[C@H](O)c1ccccc1F. The summed E-state index contributed by atoms with van der Waals surface area (Å²) in [5.74, 6) is -1.04. The molecule has 0 saturated heterocycles. The molecule has 7 nitrogen and oxygen atoms in total. The Hall–Kier alpha value is -3.00. The summed E-state index contributed by atoms with van der Waals surface area (Å²) < 4.78 is 13.5. The van der Waals surface area contributed by atoms with Crippen LogP contribution in [0.4, 0.5) is 15.8 Å². The predicted molar refractivity (Wildman–Crippen MR) is 86.0 cm³/mol. The van der Waals surface area contributed by atoms with Gasteiger partial charge in [-0.3, -0.25) is 14.9 Å². The van der Waals surface area contributed by atoms with Crippen molar-refractivity contribution < 1.29 is 19.2 Å². The van der Waals surface area contributed by atoms with Gasteiger partial charge in [-0.05, 0) is 12.1 Å². The first kappa shape index (κ1) is 17.4. The van der Waals surface area contributed by atoms with Gasteiger partial charge in [0.25, 0.3) is 5.69 Å². The molecule has 2 rings (SSSR count). The van der Waals surface area contributed by atoms with E-state index in [0.717, 1.165) is 0 Å². The normalized spacial score (nSPS) is 11.6. The zero-order chi connectivity index (χ0) is 17.5. The van der Waals surface area contributed by atoms with Crippen molar-refractivity contribution in [3.8, 4) is 0 Å². The van der Waals surface area contributed by atoms with E-state index < -0.39 is 22.8 Å². The number of hydrogen-bond donors (Lipinski definition) is 3. The van der Waals surface area contributed by atoms with Gasteiger partial charge >= 0.3 is 0 Å². The maximum atomic E-state index is 13.5. The first-order chi connectivity index (χ1) is 11.5. The lowest BCUT2D eigenvalue weighted by molar-refractivity contribution is -0.383. The van der Waals surface area contributed by atoms with Crippen molar-refractivity contribution in [2.75, 3.05) is 18.4 Å². The lowest BCUT2D eigenvalue weighted by atomic mass is 10.1. The molecule has 0 spiro atoms. The minimum absolute atomic E-state index is 0.0875. The number of aliphatic hydroxyl groups is 1. The van der Waals surface area contributed by atoms with Crippen LogP contribution in [0.5, 0.6) is 0 Å². The molecule has 0 bridgehead atoms. The number of nitro groups is 1. The fraction of sp³-hybridized carbons (Fsp3) is 0.188. The highest BCUT2D eigenvalue weighted by molar-refractivity contribution is 5.81. The molecule has 2 aromatic carbocycles. The third-order valence-corrected chi connectivity index (χ3v) is 3.30. The molecule has 0 unspecified atom stereocenters. The second-order valence-electron chi connectivity index (χ2n) is 4.97. The van der Waals surface area contributed by atoms with Gasteiger partial charge < -0.3 is 15.7 Å². The predicted octanol–water partition coefficient (Wildman–Crippen LogP) is 2.00. The molecule has 0 radical (unpaired) electrons. The lowest BCUT2D eigenvalue weighted by Crippen LogP contribution is -2.33. The third-order valence-electron chi connectivity index (χ3n) is 3.30. The molecular formula is C16H16FN3O4. The summed E-state index contributed by atoms with van der Waals surface area (Å²) in [6.07, 6.45) is -1.18. The number of halogens is 1. The Morgan fingerprint density at radius 1 is 1.21 bits per heavy atom. The molecule has 126 valence electrons. The number of benzene rings is 2. The zero-order valence-electron chi connectivity index (χ0n) is 12.6. The van der Waals surface area contributed by atoms with Crippen LogP contribution in [-0.2, 0) is 4.79 Å². The topological polar surface area (TPSA) is 104 Å². The Balaban J connectivity index is 1.86. The van der Waals surface area contributed by atoms with Crippen LogP contribution in [0.15, 0.2) is 48.5 Å². The van der Waals surface area contributed by atoms with Crippen LogP contribution in [0.3, 0.4) is 0 Å². The fourth-order valence-electron chi connectivity index (χ4n) is 2.09. The maximum absolute atomic E-state index is 13.5. The molecule has 0 saturated carbocycles. The quantitative estimate of drug-likeness (QED) is 0.531. The summed E-state index contributed by atoms with van der Waals surface area (Å²) >= 11 is 0. The largest absolute Gasteiger partial charge is 0.386 e. The summed E-state index contributed by atoms with van der Waals surface area (Å²) in [4.78, 5) is 22.1. The van der Waals surface area contributed by atoms with Crippen LogP contribution in [0.2, 0.25) is 0 Å². The van der Waals surface area contributed by atoms with Gasteiger partial charge in [-0.2, -0.15) is 0 Å². The summed E-state index contributed by atoms with van der Waals surface area (Å²) in [6.45, 7) is -0.382. The minimum Gasteiger partial charge on any atom is -0.386 e. The minimum atomic E-state index is -1.18.